The Bertz CT molecular complexity index is 924. The first-order valence-electron chi connectivity index (χ1n) is 10.4. The van der Waals surface area contributed by atoms with Crippen molar-refractivity contribution in [2.75, 3.05) is 26.3 Å². The van der Waals surface area contributed by atoms with Gasteiger partial charge in [0, 0.05) is 19.0 Å². The number of likely N-dealkylation sites (tertiary alicyclic amines) is 1. The van der Waals surface area contributed by atoms with Gasteiger partial charge in [0.15, 0.2) is 0 Å². The Morgan fingerprint density at radius 1 is 1.10 bits per heavy atom. The van der Waals surface area contributed by atoms with Crippen LogP contribution in [0.25, 0.3) is 11.1 Å². The van der Waals surface area contributed by atoms with Crippen molar-refractivity contribution in [3.63, 3.8) is 0 Å². The van der Waals surface area contributed by atoms with Crippen molar-refractivity contribution >= 4 is 12.1 Å². The first-order valence-corrected chi connectivity index (χ1v) is 10.4. The summed E-state index contributed by atoms with van der Waals surface area (Å²) in [4.78, 5) is 26.9. The Hall–Kier alpha value is -3.08. The van der Waals surface area contributed by atoms with Crippen molar-refractivity contribution in [3.05, 3.63) is 72.3 Å². The molecule has 1 amide bonds. The Morgan fingerprint density at radius 2 is 1.73 bits per heavy atom. The van der Waals surface area contributed by atoms with Crippen LogP contribution in [0.4, 0.5) is 4.79 Å². The Labute approximate surface area is 177 Å². The number of hydrogen-bond acceptors (Lipinski definition) is 4. The van der Waals surface area contributed by atoms with Crippen molar-refractivity contribution in [1.29, 1.82) is 0 Å². The van der Waals surface area contributed by atoms with E-state index in [4.69, 9.17) is 9.47 Å². The average Bonchev–Trinajstić information content (AvgIpc) is 3.09. The smallest absolute Gasteiger partial charge is 0.409 e. The fourth-order valence-corrected chi connectivity index (χ4v) is 4.56. The van der Waals surface area contributed by atoms with Crippen LogP contribution in [0.3, 0.4) is 0 Å². The third-order valence-electron chi connectivity index (χ3n) is 6.12. The summed E-state index contributed by atoms with van der Waals surface area (Å²) >= 11 is 0. The van der Waals surface area contributed by atoms with Crippen LogP contribution >= 0.6 is 0 Å². The quantitative estimate of drug-likeness (QED) is 0.531. The number of nitrogens with zero attached hydrogens (tertiary/aromatic N) is 1. The molecule has 4 rings (SSSR count). The van der Waals surface area contributed by atoms with E-state index < -0.39 is 5.41 Å². The van der Waals surface area contributed by atoms with Crippen LogP contribution in [-0.2, 0) is 14.3 Å². The van der Waals surface area contributed by atoms with E-state index in [0.29, 0.717) is 19.5 Å². The minimum atomic E-state index is -0.715. The van der Waals surface area contributed by atoms with Crippen LogP contribution < -0.4 is 0 Å². The highest BCUT2D eigenvalue weighted by Crippen LogP contribution is 2.44. The van der Waals surface area contributed by atoms with Crippen LogP contribution in [0.15, 0.2) is 61.2 Å². The van der Waals surface area contributed by atoms with E-state index in [1.807, 2.05) is 31.2 Å². The van der Waals surface area contributed by atoms with E-state index in [2.05, 4.69) is 30.8 Å². The van der Waals surface area contributed by atoms with Crippen molar-refractivity contribution in [3.8, 4) is 11.1 Å². The molecular weight excluding hydrogens is 378 g/mol. The van der Waals surface area contributed by atoms with Crippen LogP contribution in [-0.4, -0.2) is 43.3 Å². The van der Waals surface area contributed by atoms with Gasteiger partial charge in [-0.2, -0.15) is 0 Å². The zero-order valence-electron chi connectivity index (χ0n) is 17.3. The molecule has 1 aliphatic carbocycles. The largest absolute Gasteiger partial charge is 0.461 e. The molecule has 0 radical (unpaired) electrons. The number of ether oxygens (including phenoxy) is 2. The summed E-state index contributed by atoms with van der Waals surface area (Å²) in [7, 11) is 0. The zero-order valence-corrected chi connectivity index (χ0v) is 17.3. The van der Waals surface area contributed by atoms with Crippen molar-refractivity contribution in [2.24, 2.45) is 5.41 Å². The molecule has 1 atom stereocenters. The van der Waals surface area contributed by atoms with Crippen LogP contribution in [0.1, 0.15) is 36.8 Å². The molecule has 156 valence electrons. The number of hydrogen-bond donors (Lipinski definition) is 0. The molecule has 0 saturated carbocycles. The van der Waals surface area contributed by atoms with E-state index in [9.17, 15) is 9.59 Å². The van der Waals surface area contributed by atoms with Crippen LogP contribution in [0.2, 0.25) is 0 Å². The van der Waals surface area contributed by atoms with Gasteiger partial charge in [0.05, 0.1) is 5.41 Å². The third kappa shape index (κ3) is 3.72. The number of carbonyl (C=O) groups excluding carboxylic acids is 2. The first kappa shape index (κ1) is 20.2. The van der Waals surface area contributed by atoms with Gasteiger partial charge in [-0.05, 0) is 42.0 Å². The van der Waals surface area contributed by atoms with Crippen molar-refractivity contribution in [1.82, 2.24) is 4.90 Å². The summed E-state index contributed by atoms with van der Waals surface area (Å²) in [6, 6.07) is 16.5. The fraction of sp³-hybridized carbons (Fsp3) is 0.360. The number of piperidine rings is 1. The van der Waals surface area contributed by atoms with Gasteiger partial charge in [0.25, 0.3) is 0 Å². The number of amides is 1. The Balaban J connectivity index is 1.44. The molecule has 0 N–H and O–H groups in total. The summed E-state index contributed by atoms with van der Waals surface area (Å²) in [6.07, 6.45) is 2.60. The number of carbonyl (C=O) groups is 2. The molecule has 1 fully saturated rings. The maximum absolute atomic E-state index is 12.8. The number of esters is 1. The molecule has 30 heavy (non-hydrogen) atoms. The van der Waals surface area contributed by atoms with Gasteiger partial charge < -0.3 is 14.4 Å². The topological polar surface area (TPSA) is 55.8 Å². The second-order valence-corrected chi connectivity index (χ2v) is 8.28. The molecule has 2 aromatic rings. The molecule has 0 bridgehead atoms. The lowest BCUT2D eigenvalue weighted by molar-refractivity contribution is -0.156. The highest BCUT2D eigenvalue weighted by atomic mass is 16.6. The second kappa shape index (κ2) is 8.34. The van der Waals surface area contributed by atoms with Gasteiger partial charge in [-0.15, -0.1) is 0 Å². The molecule has 1 aliphatic heterocycles. The summed E-state index contributed by atoms with van der Waals surface area (Å²) in [5.74, 6) is -0.270. The highest BCUT2D eigenvalue weighted by Gasteiger charge is 2.41. The number of fused-ring (bicyclic) bond motifs is 3. The molecule has 5 heteroatoms. The second-order valence-electron chi connectivity index (χ2n) is 8.28. The lowest BCUT2D eigenvalue weighted by atomic mass is 9.82. The molecule has 1 heterocycles. The maximum atomic E-state index is 12.8. The highest BCUT2D eigenvalue weighted by molar-refractivity contribution is 5.80. The van der Waals surface area contributed by atoms with Gasteiger partial charge in [0.1, 0.15) is 13.2 Å². The zero-order chi connectivity index (χ0) is 21.1. The van der Waals surface area contributed by atoms with Crippen molar-refractivity contribution < 1.29 is 19.1 Å². The number of benzene rings is 2. The van der Waals surface area contributed by atoms with Gasteiger partial charge in [0.2, 0.25) is 0 Å². The van der Waals surface area contributed by atoms with E-state index >= 15 is 0 Å². The van der Waals surface area contributed by atoms with E-state index in [0.717, 1.165) is 6.42 Å². The lowest BCUT2D eigenvalue weighted by Crippen LogP contribution is -2.49. The van der Waals surface area contributed by atoms with Gasteiger partial charge in [-0.3, -0.25) is 4.79 Å². The van der Waals surface area contributed by atoms with Crippen LogP contribution in [0.5, 0.6) is 0 Å². The Kier molecular flexibility index (Phi) is 5.62. The average molecular weight is 405 g/mol. The predicted molar refractivity (Wildman–Crippen MR) is 115 cm³/mol. The molecule has 2 aromatic carbocycles. The van der Waals surface area contributed by atoms with Gasteiger partial charge in [-0.25, -0.2) is 4.79 Å². The monoisotopic (exact) mass is 405 g/mol. The van der Waals surface area contributed by atoms with E-state index in [1.165, 1.54) is 22.3 Å². The predicted octanol–water partition coefficient (Wildman–Crippen LogP) is 4.77. The summed E-state index contributed by atoms with van der Waals surface area (Å²) in [6.45, 7) is 6.77. The molecule has 1 saturated heterocycles. The fourth-order valence-electron chi connectivity index (χ4n) is 4.56. The first-order chi connectivity index (χ1) is 14.5. The molecule has 0 aromatic heterocycles. The SMILES string of the molecule is C=CCOC(=O)C1(C)CCCN(C(=O)OCC2c3ccccc3-c3ccccc32)C1. The molecular formula is C25H27NO4. The maximum Gasteiger partial charge on any atom is 0.409 e. The summed E-state index contributed by atoms with van der Waals surface area (Å²) < 4.78 is 11.0. The minimum absolute atomic E-state index is 0.0232. The minimum Gasteiger partial charge on any atom is -0.461 e. The normalized spacial score (nSPS) is 20.2. The standard InChI is InChI=1S/C25H27NO4/c1-3-15-29-23(27)25(2)13-8-14-26(17-25)24(28)30-16-22-20-11-6-4-9-18(20)19-10-5-7-12-21(19)22/h3-7,9-12,22H,1,8,13-17H2,2H3. The van der Waals surface area contributed by atoms with Gasteiger partial charge >= 0.3 is 12.1 Å². The van der Waals surface area contributed by atoms with Crippen molar-refractivity contribution in [2.45, 2.75) is 25.7 Å². The molecule has 2 aliphatic rings. The summed E-state index contributed by atoms with van der Waals surface area (Å²) in [5, 5.41) is 0. The third-order valence-corrected chi connectivity index (χ3v) is 6.12. The van der Waals surface area contributed by atoms with Gasteiger partial charge in [-0.1, -0.05) is 61.2 Å². The molecule has 0 spiro atoms. The van der Waals surface area contributed by atoms with E-state index in [-0.39, 0.29) is 31.2 Å². The van der Waals surface area contributed by atoms with E-state index in [1.54, 1.807) is 11.0 Å². The molecule has 5 nitrogen and oxygen atoms in total. The molecule has 1 unspecified atom stereocenters. The summed E-state index contributed by atoms with van der Waals surface area (Å²) in [5.41, 5.74) is 4.05. The van der Waals surface area contributed by atoms with Crippen LogP contribution in [0, 0.1) is 5.41 Å². The lowest BCUT2D eigenvalue weighted by Gasteiger charge is -2.38. The Morgan fingerprint density at radius 3 is 2.37 bits per heavy atom. The number of rotatable bonds is 5.